The highest BCUT2D eigenvalue weighted by Gasteiger charge is 2.06. The van der Waals surface area contributed by atoms with E-state index in [4.69, 9.17) is 0 Å². The lowest BCUT2D eigenvalue weighted by Gasteiger charge is -2.04. The van der Waals surface area contributed by atoms with E-state index in [1.807, 2.05) is 0 Å². The lowest BCUT2D eigenvalue weighted by molar-refractivity contribution is -0.140. The number of carbonyl (C=O) groups excluding carboxylic acids is 2. The summed E-state index contributed by atoms with van der Waals surface area (Å²) < 4.78 is 17.0. The number of amides is 1. The van der Waals surface area contributed by atoms with Gasteiger partial charge in [-0.3, -0.25) is 9.59 Å². The molecule has 1 aromatic carbocycles. The monoisotopic (exact) mass is 225 g/mol. The third kappa shape index (κ3) is 3.68. The van der Waals surface area contributed by atoms with Crippen LogP contribution in [-0.4, -0.2) is 25.5 Å². The largest absolute Gasteiger partial charge is 0.469 e. The summed E-state index contributed by atoms with van der Waals surface area (Å²) in [4.78, 5) is 22.2. The molecule has 0 fully saturated rings. The quantitative estimate of drug-likeness (QED) is 0.781. The van der Waals surface area contributed by atoms with Gasteiger partial charge < -0.3 is 10.1 Å². The molecule has 1 rings (SSSR count). The Hall–Kier alpha value is -1.91. The number of nitrogens with one attached hydrogen (secondary N) is 1. The van der Waals surface area contributed by atoms with Crippen molar-refractivity contribution in [3.8, 4) is 0 Å². The van der Waals surface area contributed by atoms with E-state index < -0.39 is 5.82 Å². The van der Waals surface area contributed by atoms with Gasteiger partial charge in [-0.25, -0.2) is 4.39 Å². The highest BCUT2D eigenvalue weighted by molar-refractivity contribution is 5.94. The Kier molecular flexibility index (Phi) is 4.44. The molecule has 0 aliphatic rings. The molecule has 0 spiro atoms. The van der Waals surface area contributed by atoms with Crippen molar-refractivity contribution in [3.05, 3.63) is 35.6 Å². The minimum atomic E-state index is -0.397. The van der Waals surface area contributed by atoms with Crippen molar-refractivity contribution in [1.29, 1.82) is 0 Å². The van der Waals surface area contributed by atoms with Gasteiger partial charge >= 0.3 is 5.97 Å². The molecular weight excluding hydrogens is 213 g/mol. The second kappa shape index (κ2) is 5.85. The number of methoxy groups -OCH3 is 1. The molecular formula is C11H12FNO3. The van der Waals surface area contributed by atoms with E-state index in [1.54, 1.807) is 0 Å². The SMILES string of the molecule is COC(=O)CCNC(=O)c1ccc(F)cc1. The van der Waals surface area contributed by atoms with Crippen molar-refractivity contribution in [3.63, 3.8) is 0 Å². The summed E-state index contributed by atoms with van der Waals surface area (Å²) in [5.41, 5.74) is 0.353. The fourth-order valence-electron chi connectivity index (χ4n) is 1.08. The Morgan fingerprint density at radius 1 is 1.31 bits per heavy atom. The lowest BCUT2D eigenvalue weighted by Crippen LogP contribution is -2.26. The van der Waals surface area contributed by atoms with Gasteiger partial charge in [0, 0.05) is 12.1 Å². The van der Waals surface area contributed by atoms with Gasteiger partial charge in [-0.15, -0.1) is 0 Å². The van der Waals surface area contributed by atoms with Crippen LogP contribution in [0.25, 0.3) is 0 Å². The molecule has 5 heteroatoms. The Morgan fingerprint density at radius 2 is 1.94 bits per heavy atom. The summed E-state index contributed by atoms with van der Waals surface area (Å²) in [6.07, 6.45) is 0.115. The molecule has 0 bridgehead atoms. The molecule has 0 aromatic heterocycles. The zero-order valence-electron chi connectivity index (χ0n) is 8.83. The summed E-state index contributed by atoms with van der Waals surface area (Å²) in [5.74, 6) is -1.13. The van der Waals surface area contributed by atoms with Gasteiger partial charge in [-0.2, -0.15) is 0 Å². The standard InChI is InChI=1S/C11H12FNO3/c1-16-10(14)6-7-13-11(15)8-2-4-9(12)5-3-8/h2-5H,6-7H2,1H3,(H,13,15). The van der Waals surface area contributed by atoms with Gasteiger partial charge in [-0.1, -0.05) is 0 Å². The van der Waals surface area contributed by atoms with Gasteiger partial charge in [0.2, 0.25) is 0 Å². The fraction of sp³-hybridized carbons (Fsp3) is 0.273. The van der Waals surface area contributed by atoms with Crippen LogP contribution in [0.1, 0.15) is 16.8 Å². The average molecular weight is 225 g/mol. The topological polar surface area (TPSA) is 55.4 Å². The smallest absolute Gasteiger partial charge is 0.307 e. The molecule has 1 aromatic rings. The van der Waals surface area contributed by atoms with Crippen molar-refractivity contribution in [2.45, 2.75) is 6.42 Å². The molecule has 1 N–H and O–H groups in total. The first kappa shape index (κ1) is 12.2. The van der Waals surface area contributed by atoms with Gasteiger partial charge in [0.1, 0.15) is 5.82 Å². The number of ether oxygens (including phenoxy) is 1. The van der Waals surface area contributed by atoms with Crippen molar-refractivity contribution >= 4 is 11.9 Å². The van der Waals surface area contributed by atoms with E-state index in [2.05, 4.69) is 10.1 Å². The highest BCUT2D eigenvalue weighted by Crippen LogP contribution is 2.02. The maximum absolute atomic E-state index is 12.6. The normalized spacial score (nSPS) is 9.62. The summed E-state index contributed by atoms with van der Waals surface area (Å²) in [6, 6.07) is 5.16. The van der Waals surface area contributed by atoms with Gasteiger partial charge in [0.15, 0.2) is 0 Å². The van der Waals surface area contributed by atoms with E-state index >= 15 is 0 Å². The molecule has 0 saturated heterocycles. The third-order valence-electron chi connectivity index (χ3n) is 1.95. The van der Waals surface area contributed by atoms with E-state index in [1.165, 1.54) is 31.4 Å². The summed E-state index contributed by atoms with van der Waals surface area (Å²) in [6.45, 7) is 0.197. The van der Waals surface area contributed by atoms with Crippen LogP contribution in [-0.2, 0) is 9.53 Å². The fourth-order valence-corrected chi connectivity index (χ4v) is 1.08. The first-order valence-electron chi connectivity index (χ1n) is 4.74. The molecule has 4 nitrogen and oxygen atoms in total. The predicted molar refractivity (Wildman–Crippen MR) is 55.4 cm³/mol. The molecule has 1 amide bonds. The van der Waals surface area contributed by atoms with Crippen LogP contribution in [0, 0.1) is 5.82 Å². The summed E-state index contributed by atoms with van der Waals surface area (Å²) in [5, 5.41) is 2.52. The van der Waals surface area contributed by atoms with Crippen LogP contribution in [0.15, 0.2) is 24.3 Å². The van der Waals surface area contributed by atoms with Crippen molar-refractivity contribution in [2.24, 2.45) is 0 Å². The minimum absolute atomic E-state index is 0.115. The number of hydrogen-bond donors (Lipinski definition) is 1. The maximum Gasteiger partial charge on any atom is 0.307 e. The van der Waals surface area contributed by atoms with Gasteiger partial charge in [0.05, 0.1) is 13.5 Å². The molecule has 0 aliphatic heterocycles. The molecule has 0 aliphatic carbocycles. The zero-order valence-corrected chi connectivity index (χ0v) is 8.83. The van der Waals surface area contributed by atoms with E-state index in [-0.39, 0.29) is 24.8 Å². The average Bonchev–Trinajstić information content (AvgIpc) is 2.29. The molecule has 16 heavy (non-hydrogen) atoms. The zero-order chi connectivity index (χ0) is 12.0. The molecule has 0 heterocycles. The molecule has 0 unspecified atom stereocenters. The lowest BCUT2D eigenvalue weighted by atomic mass is 10.2. The molecule has 0 atom stereocenters. The number of rotatable bonds is 4. The Labute approximate surface area is 92.4 Å². The Bertz CT molecular complexity index is 375. The predicted octanol–water partition coefficient (Wildman–Crippen LogP) is 1.12. The number of benzene rings is 1. The first-order chi connectivity index (χ1) is 7.63. The Balaban J connectivity index is 2.41. The van der Waals surface area contributed by atoms with Crippen LogP contribution in [0.3, 0.4) is 0 Å². The second-order valence-corrected chi connectivity index (χ2v) is 3.09. The van der Waals surface area contributed by atoms with Gasteiger partial charge in [0.25, 0.3) is 5.91 Å². The molecule has 86 valence electrons. The first-order valence-corrected chi connectivity index (χ1v) is 4.74. The number of carbonyl (C=O) groups is 2. The van der Waals surface area contributed by atoms with Crippen molar-refractivity contribution < 1.29 is 18.7 Å². The van der Waals surface area contributed by atoms with E-state index in [0.717, 1.165) is 0 Å². The molecule has 0 radical (unpaired) electrons. The van der Waals surface area contributed by atoms with Crippen LogP contribution in [0.2, 0.25) is 0 Å². The molecule has 0 saturated carbocycles. The summed E-state index contributed by atoms with van der Waals surface area (Å²) >= 11 is 0. The van der Waals surface area contributed by atoms with Crippen LogP contribution in [0.4, 0.5) is 4.39 Å². The van der Waals surface area contributed by atoms with Crippen LogP contribution in [0.5, 0.6) is 0 Å². The van der Waals surface area contributed by atoms with Crippen molar-refractivity contribution in [1.82, 2.24) is 5.32 Å². The van der Waals surface area contributed by atoms with E-state index in [9.17, 15) is 14.0 Å². The number of esters is 1. The maximum atomic E-state index is 12.6. The summed E-state index contributed by atoms with van der Waals surface area (Å²) in [7, 11) is 1.28. The van der Waals surface area contributed by atoms with Crippen LogP contribution >= 0.6 is 0 Å². The number of halogens is 1. The second-order valence-electron chi connectivity index (χ2n) is 3.09. The van der Waals surface area contributed by atoms with E-state index in [0.29, 0.717) is 5.56 Å². The minimum Gasteiger partial charge on any atom is -0.469 e. The Morgan fingerprint density at radius 3 is 2.50 bits per heavy atom. The number of hydrogen-bond acceptors (Lipinski definition) is 3. The third-order valence-corrected chi connectivity index (χ3v) is 1.95. The van der Waals surface area contributed by atoms with Crippen LogP contribution < -0.4 is 5.32 Å². The van der Waals surface area contributed by atoms with Gasteiger partial charge in [-0.05, 0) is 24.3 Å². The van der Waals surface area contributed by atoms with Crippen molar-refractivity contribution in [2.75, 3.05) is 13.7 Å². The highest BCUT2D eigenvalue weighted by atomic mass is 19.1.